The van der Waals surface area contributed by atoms with Gasteiger partial charge in [-0.15, -0.1) is 0 Å². The van der Waals surface area contributed by atoms with E-state index in [4.69, 9.17) is 18.9 Å². The van der Waals surface area contributed by atoms with Crippen molar-refractivity contribution < 1.29 is 18.9 Å². The van der Waals surface area contributed by atoms with Crippen LogP contribution in [0.1, 0.15) is 34.7 Å². The molecule has 0 radical (unpaired) electrons. The van der Waals surface area contributed by atoms with Gasteiger partial charge in [0.2, 0.25) is 0 Å². The Labute approximate surface area is 164 Å². The number of fused-ring (bicyclic) bond motifs is 4. The van der Waals surface area contributed by atoms with Gasteiger partial charge in [-0.1, -0.05) is 12.1 Å². The molecule has 2 aromatic rings. The van der Waals surface area contributed by atoms with Crippen LogP contribution in [0, 0.1) is 0 Å². The molecule has 146 valence electrons. The van der Waals surface area contributed by atoms with Gasteiger partial charge in [-0.2, -0.15) is 0 Å². The summed E-state index contributed by atoms with van der Waals surface area (Å²) in [5, 5.41) is 3.62. The molecule has 1 N–H and O–H groups in total. The van der Waals surface area contributed by atoms with Crippen LogP contribution < -0.4 is 14.8 Å². The molecule has 2 aromatic carbocycles. The third-order valence-electron chi connectivity index (χ3n) is 6.34. The number of likely N-dealkylation sites (tertiary alicyclic amines) is 1. The Morgan fingerprint density at radius 2 is 1.54 bits per heavy atom. The SMILES string of the molecule is c1cc2c(cc1C(c1ccc3c(c1)COCO3)N1C[C@@H]3C[C@H]1CN3)COCO2. The van der Waals surface area contributed by atoms with Crippen LogP contribution in [-0.2, 0) is 22.7 Å². The predicted molar refractivity (Wildman–Crippen MR) is 102 cm³/mol. The van der Waals surface area contributed by atoms with E-state index in [1.807, 2.05) is 0 Å². The summed E-state index contributed by atoms with van der Waals surface area (Å²) in [7, 11) is 0. The van der Waals surface area contributed by atoms with Crippen molar-refractivity contribution in [2.75, 3.05) is 26.7 Å². The third kappa shape index (κ3) is 2.79. The second kappa shape index (κ2) is 6.74. The lowest BCUT2D eigenvalue weighted by Gasteiger charge is -2.36. The molecule has 0 aromatic heterocycles. The first-order chi connectivity index (χ1) is 13.8. The van der Waals surface area contributed by atoms with Gasteiger partial charge in [0.15, 0.2) is 13.6 Å². The van der Waals surface area contributed by atoms with Crippen LogP contribution in [0.25, 0.3) is 0 Å². The first-order valence-electron chi connectivity index (χ1n) is 10.0. The molecule has 2 saturated heterocycles. The summed E-state index contributed by atoms with van der Waals surface area (Å²) in [5.41, 5.74) is 4.83. The highest BCUT2D eigenvalue weighted by Gasteiger charge is 2.42. The molecule has 4 heterocycles. The minimum Gasteiger partial charge on any atom is -0.467 e. The normalized spacial score (nSPS) is 25.9. The molecule has 2 bridgehead atoms. The summed E-state index contributed by atoms with van der Waals surface area (Å²) in [6.07, 6.45) is 1.23. The van der Waals surface area contributed by atoms with E-state index in [1.54, 1.807) is 0 Å². The topological polar surface area (TPSA) is 52.2 Å². The maximum absolute atomic E-state index is 5.63. The van der Waals surface area contributed by atoms with Crippen LogP contribution in [0.4, 0.5) is 0 Å². The Morgan fingerprint density at radius 3 is 2.07 bits per heavy atom. The molecule has 6 rings (SSSR count). The number of hydrogen-bond acceptors (Lipinski definition) is 6. The summed E-state index contributed by atoms with van der Waals surface area (Å²) in [6.45, 7) is 4.02. The smallest absolute Gasteiger partial charge is 0.189 e. The predicted octanol–water partition coefficient (Wildman–Crippen LogP) is 2.56. The number of hydrogen-bond donors (Lipinski definition) is 1. The molecule has 0 saturated carbocycles. The molecule has 0 spiro atoms. The summed E-state index contributed by atoms with van der Waals surface area (Å²) >= 11 is 0. The van der Waals surface area contributed by atoms with E-state index in [0.29, 0.717) is 38.9 Å². The average molecular weight is 380 g/mol. The van der Waals surface area contributed by atoms with E-state index in [1.165, 1.54) is 17.5 Å². The summed E-state index contributed by atoms with van der Waals surface area (Å²) < 4.78 is 22.3. The van der Waals surface area contributed by atoms with Crippen LogP contribution in [0.3, 0.4) is 0 Å². The highest BCUT2D eigenvalue weighted by Crippen LogP contribution is 2.40. The van der Waals surface area contributed by atoms with Crippen LogP contribution in [-0.4, -0.2) is 43.7 Å². The fourth-order valence-electron chi connectivity index (χ4n) is 5.04. The highest BCUT2D eigenvalue weighted by atomic mass is 16.7. The van der Waals surface area contributed by atoms with Gasteiger partial charge in [-0.05, 0) is 41.8 Å². The van der Waals surface area contributed by atoms with E-state index >= 15 is 0 Å². The van der Waals surface area contributed by atoms with Crippen molar-refractivity contribution in [2.45, 2.75) is 37.8 Å². The molecule has 2 fully saturated rings. The molecule has 0 unspecified atom stereocenters. The van der Waals surface area contributed by atoms with Crippen molar-refractivity contribution in [3.05, 3.63) is 58.7 Å². The lowest BCUT2D eigenvalue weighted by Crippen LogP contribution is -2.45. The Hall–Kier alpha value is -2.12. The summed E-state index contributed by atoms with van der Waals surface area (Å²) in [6, 6.07) is 14.5. The highest BCUT2D eigenvalue weighted by molar-refractivity contribution is 5.45. The first-order valence-corrected chi connectivity index (χ1v) is 10.0. The maximum Gasteiger partial charge on any atom is 0.189 e. The van der Waals surface area contributed by atoms with Gasteiger partial charge in [0, 0.05) is 36.3 Å². The van der Waals surface area contributed by atoms with Crippen molar-refractivity contribution in [2.24, 2.45) is 0 Å². The van der Waals surface area contributed by atoms with Crippen molar-refractivity contribution >= 4 is 0 Å². The zero-order valence-corrected chi connectivity index (χ0v) is 15.7. The minimum atomic E-state index is 0.205. The zero-order valence-electron chi connectivity index (χ0n) is 15.7. The van der Waals surface area contributed by atoms with Gasteiger partial charge in [0.05, 0.1) is 19.3 Å². The van der Waals surface area contributed by atoms with Gasteiger partial charge in [0.25, 0.3) is 0 Å². The fraction of sp³-hybridized carbons (Fsp3) is 0.455. The van der Waals surface area contributed by atoms with E-state index in [0.717, 1.165) is 35.7 Å². The lowest BCUT2D eigenvalue weighted by atomic mass is 9.93. The Morgan fingerprint density at radius 1 is 0.893 bits per heavy atom. The molecule has 4 aliphatic heterocycles. The molecule has 0 aliphatic carbocycles. The number of rotatable bonds is 3. The third-order valence-corrected chi connectivity index (χ3v) is 6.34. The monoisotopic (exact) mass is 380 g/mol. The quantitative estimate of drug-likeness (QED) is 0.883. The van der Waals surface area contributed by atoms with Crippen LogP contribution in [0.2, 0.25) is 0 Å². The van der Waals surface area contributed by atoms with Crippen molar-refractivity contribution in [3.8, 4) is 11.5 Å². The van der Waals surface area contributed by atoms with Gasteiger partial charge < -0.3 is 24.3 Å². The maximum atomic E-state index is 5.63. The van der Waals surface area contributed by atoms with Crippen molar-refractivity contribution in [1.82, 2.24) is 10.2 Å². The molecule has 6 heteroatoms. The Kier molecular flexibility index (Phi) is 4.04. The molecule has 6 nitrogen and oxygen atoms in total. The van der Waals surface area contributed by atoms with Crippen LogP contribution >= 0.6 is 0 Å². The lowest BCUT2D eigenvalue weighted by molar-refractivity contribution is -0.0164. The molecule has 28 heavy (non-hydrogen) atoms. The number of ether oxygens (including phenoxy) is 4. The second-order valence-electron chi connectivity index (χ2n) is 8.05. The molecular weight excluding hydrogens is 356 g/mol. The van der Waals surface area contributed by atoms with Gasteiger partial charge in [0.1, 0.15) is 11.5 Å². The molecule has 4 aliphatic rings. The Bertz CT molecular complexity index is 843. The van der Waals surface area contributed by atoms with Gasteiger partial charge in [-0.25, -0.2) is 0 Å². The molecular formula is C22H24N2O4. The number of benzene rings is 2. The van der Waals surface area contributed by atoms with Crippen LogP contribution in [0.5, 0.6) is 11.5 Å². The van der Waals surface area contributed by atoms with Gasteiger partial charge in [-0.3, -0.25) is 4.90 Å². The van der Waals surface area contributed by atoms with Crippen LogP contribution in [0.15, 0.2) is 36.4 Å². The van der Waals surface area contributed by atoms with Crippen molar-refractivity contribution in [1.29, 1.82) is 0 Å². The Balaban J connectivity index is 1.43. The summed E-state index contributed by atoms with van der Waals surface area (Å²) in [4.78, 5) is 2.65. The minimum absolute atomic E-state index is 0.205. The average Bonchev–Trinajstić information content (AvgIpc) is 3.37. The van der Waals surface area contributed by atoms with E-state index < -0.39 is 0 Å². The number of nitrogens with zero attached hydrogens (tertiary/aromatic N) is 1. The fourth-order valence-corrected chi connectivity index (χ4v) is 5.04. The van der Waals surface area contributed by atoms with E-state index in [9.17, 15) is 0 Å². The van der Waals surface area contributed by atoms with Crippen molar-refractivity contribution in [3.63, 3.8) is 0 Å². The first kappa shape index (κ1) is 16.8. The standard InChI is InChI=1S/C22H24N2O4/c1-3-20-16(10-25-12-27-20)5-14(1)22(24-9-18-7-19(24)8-23-18)15-2-4-21-17(6-15)11-26-13-28-21/h1-6,18-19,22-23H,7-13H2/t18-,19-/m0/s1. The number of nitrogens with one attached hydrogen (secondary N) is 1. The summed E-state index contributed by atoms with van der Waals surface area (Å²) in [5.74, 6) is 1.87. The van der Waals surface area contributed by atoms with Gasteiger partial charge >= 0.3 is 0 Å². The van der Waals surface area contributed by atoms with E-state index in [-0.39, 0.29) is 6.04 Å². The zero-order chi connectivity index (χ0) is 18.5. The van der Waals surface area contributed by atoms with E-state index in [2.05, 4.69) is 46.6 Å². The largest absolute Gasteiger partial charge is 0.467 e. The molecule has 2 atom stereocenters. The molecule has 0 amide bonds. The second-order valence-corrected chi connectivity index (χ2v) is 8.05. The number of piperazine rings is 1.